The van der Waals surface area contributed by atoms with Crippen LogP contribution < -0.4 is 0 Å². The van der Waals surface area contributed by atoms with Crippen molar-refractivity contribution in [2.45, 2.75) is 71.8 Å². The molecule has 3 aromatic rings. The molecule has 1 N–H and O–H groups in total. The van der Waals surface area contributed by atoms with E-state index in [4.69, 9.17) is 14.2 Å². The molecule has 10 heteroatoms. The first-order valence-corrected chi connectivity index (χ1v) is 15.2. The van der Waals surface area contributed by atoms with E-state index in [0.29, 0.717) is 59.0 Å². The summed E-state index contributed by atoms with van der Waals surface area (Å²) in [5.41, 5.74) is 6.29. The number of nitrogens with zero attached hydrogens (tertiary/aromatic N) is 4. The SMILES string of the molecule is Cc1c[nH]c2ncc(-c3cc4c(c(C5COCCN5C(=O)OC(C)(C)C)c3)CN(C(=O)N3CCOC(C)(C)C3)CC4)cc12. The molecule has 0 aliphatic carbocycles. The monoisotopic (exact) mass is 589 g/mol. The molecule has 6 rings (SSSR count). The molecule has 3 amide bonds. The summed E-state index contributed by atoms with van der Waals surface area (Å²) < 4.78 is 17.7. The Morgan fingerprint density at radius 3 is 2.65 bits per heavy atom. The van der Waals surface area contributed by atoms with E-state index in [1.807, 2.05) is 56.8 Å². The highest BCUT2D eigenvalue weighted by atomic mass is 16.6. The predicted molar refractivity (Wildman–Crippen MR) is 164 cm³/mol. The number of benzene rings is 1. The molecule has 0 spiro atoms. The summed E-state index contributed by atoms with van der Waals surface area (Å²) in [4.78, 5) is 40.8. The lowest BCUT2D eigenvalue weighted by Crippen LogP contribution is -2.55. The van der Waals surface area contributed by atoms with E-state index in [-0.39, 0.29) is 23.8 Å². The van der Waals surface area contributed by atoms with Gasteiger partial charge >= 0.3 is 12.1 Å². The van der Waals surface area contributed by atoms with Crippen LogP contribution in [-0.2, 0) is 27.2 Å². The lowest BCUT2D eigenvalue weighted by atomic mass is 9.87. The normalized spacial score (nSPS) is 20.7. The summed E-state index contributed by atoms with van der Waals surface area (Å²) in [5, 5.41) is 1.08. The zero-order valence-electron chi connectivity index (χ0n) is 26.2. The standard InChI is InChI=1S/C33H43N5O5/c1-21-16-34-29-25(21)15-24(17-35-29)23-13-22-7-8-36(30(39)37-9-12-42-33(5,6)20-37)18-27(22)26(14-23)28-19-41-11-10-38(28)31(40)43-32(2,3)4/h13-17,28H,7-12,18-20H2,1-6H3,(H,34,35). The molecule has 0 bridgehead atoms. The number of fused-ring (bicyclic) bond motifs is 2. The van der Waals surface area contributed by atoms with Crippen molar-refractivity contribution in [2.75, 3.05) is 46.0 Å². The number of rotatable bonds is 2. The van der Waals surface area contributed by atoms with Crippen LogP contribution in [0.4, 0.5) is 9.59 Å². The third-order valence-electron chi connectivity index (χ3n) is 8.53. The van der Waals surface area contributed by atoms with Crippen molar-refractivity contribution < 1.29 is 23.8 Å². The first kappa shape index (κ1) is 29.4. The number of hydrogen-bond donors (Lipinski definition) is 1. The van der Waals surface area contributed by atoms with Crippen molar-refractivity contribution in [3.8, 4) is 11.1 Å². The molecular weight excluding hydrogens is 546 g/mol. The average molecular weight is 590 g/mol. The lowest BCUT2D eigenvalue weighted by molar-refractivity contribution is -0.0767. The molecule has 2 aromatic heterocycles. The van der Waals surface area contributed by atoms with Gasteiger partial charge in [0.15, 0.2) is 0 Å². The lowest BCUT2D eigenvalue weighted by Gasteiger charge is -2.42. The summed E-state index contributed by atoms with van der Waals surface area (Å²) in [6.45, 7) is 15.7. The van der Waals surface area contributed by atoms with Crippen molar-refractivity contribution >= 4 is 23.2 Å². The molecule has 1 aromatic carbocycles. The molecule has 2 saturated heterocycles. The number of nitrogens with one attached hydrogen (secondary N) is 1. The van der Waals surface area contributed by atoms with Crippen molar-refractivity contribution in [3.05, 3.63) is 52.8 Å². The number of aromatic nitrogens is 2. The van der Waals surface area contributed by atoms with E-state index < -0.39 is 5.60 Å². The number of ether oxygens (including phenoxy) is 3. The van der Waals surface area contributed by atoms with Gasteiger partial charge in [0.05, 0.1) is 38.0 Å². The number of carbonyl (C=O) groups is 2. The summed E-state index contributed by atoms with van der Waals surface area (Å²) in [6, 6.07) is 6.23. The Kier molecular flexibility index (Phi) is 7.62. The topological polar surface area (TPSA) is 100 Å². The first-order chi connectivity index (χ1) is 20.4. The van der Waals surface area contributed by atoms with Crippen molar-refractivity contribution in [3.63, 3.8) is 0 Å². The van der Waals surface area contributed by atoms with Crippen LogP contribution >= 0.6 is 0 Å². The van der Waals surface area contributed by atoms with Crippen LogP contribution in [-0.4, -0.2) is 94.0 Å². The Morgan fingerprint density at radius 1 is 1.07 bits per heavy atom. The maximum Gasteiger partial charge on any atom is 0.410 e. The Hall–Kier alpha value is -3.63. The molecule has 3 aliphatic rings. The van der Waals surface area contributed by atoms with Gasteiger partial charge in [-0.3, -0.25) is 4.90 Å². The molecule has 1 atom stereocenters. The number of carbonyl (C=O) groups excluding carboxylic acids is 2. The third kappa shape index (κ3) is 6.08. The largest absolute Gasteiger partial charge is 0.444 e. The highest BCUT2D eigenvalue weighted by Crippen LogP contribution is 2.37. The zero-order chi connectivity index (χ0) is 30.5. The number of amides is 3. The smallest absolute Gasteiger partial charge is 0.410 e. The Balaban J connectivity index is 1.40. The maximum absolute atomic E-state index is 13.8. The van der Waals surface area contributed by atoms with Gasteiger partial charge in [-0.05, 0) is 87.9 Å². The van der Waals surface area contributed by atoms with Gasteiger partial charge in [0, 0.05) is 49.5 Å². The molecule has 230 valence electrons. The third-order valence-corrected chi connectivity index (χ3v) is 8.53. The van der Waals surface area contributed by atoms with Gasteiger partial charge in [0.25, 0.3) is 0 Å². The zero-order valence-corrected chi connectivity index (χ0v) is 26.2. The Labute approximate surface area is 253 Å². The molecule has 1 unspecified atom stereocenters. The highest BCUT2D eigenvalue weighted by molar-refractivity contribution is 5.85. The summed E-state index contributed by atoms with van der Waals surface area (Å²) in [7, 11) is 0. The fourth-order valence-corrected chi connectivity index (χ4v) is 6.40. The average Bonchev–Trinajstić information content (AvgIpc) is 3.34. The Bertz CT molecular complexity index is 1540. The van der Waals surface area contributed by atoms with Gasteiger partial charge in [-0.1, -0.05) is 6.07 Å². The Morgan fingerprint density at radius 2 is 1.88 bits per heavy atom. The molecule has 5 heterocycles. The second-order valence-corrected chi connectivity index (χ2v) is 13.5. The van der Waals surface area contributed by atoms with Gasteiger partial charge in [0.1, 0.15) is 11.2 Å². The fourth-order valence-electron chi connectivity index (χ4n) is 6.40. The van der Waals surface area contributed by atoms with Gasteiger partial charge in [-0.15, -0.1) is 0 Å². The van der Waals surface area contributed by atoms with Crippen LogP contribution in [0.15, 0.2) is 30.6 Å². The van der Waals surface area contributed by atoms with Crippen LogP contribution in [0.2, 0.25) is 0 Å². The maximum atomic E-state index is 13.8. The van der Waals surface area contributed by atoms with Gasteiger partial charge < -0.3 is 29.0 Å². The van der Waals surface area contributed by atoms with Gasteiger partial charge in [-0.2, -0.15) is 0 Å². The summed E-state index contributed by atoms with van der Waals surface area (Å²) in [5.74, 6) is 0. The van der Waals surface area contributed by atoms with Crippen LogP contribution in [0.1, 0.15) is 62.9 Å². The minimum Gasteiger partial charge on any atom is -0.444 e. The van der Waals surface area contributed by atoms with Crippen LogP contribution in [0, 0.1) is 6.92 Å². The van der Waals surface area contributed by atoms with E-state index >= 15 is 0 Å². The van der Waals surface area contributed by atoms with Crippen molar-refractivity contribution in [2.24, 2.45) is 0 Å². The molecule has 10 nitrogen and oxygen atoms in total. The quantitative estimate of drug-likeness (QED) is 0.428. The molecule has 2 fully saturated rings. The van der Waals surface area contributed by atoms with Crippen molar-refractivity contribution in [1.29, 1.82) is 0 Å². The fraction of sp³-hybridized carbons (Fsp3) is 0.545. The molecular formula is C33H43N5O5. The first-order valence-electron chi connectivity index (χ1n) is 15.2. The van der Waals surface area contributed by atoms with Crippen LogP contribution in [0.3, 0.4) is 0 Å². The molecule has 43 heavy (non-hydrogen) atoms. The summed E-state index contributed by atoms with van der Waals surface area (Å²) >= 11 is 0. The highest BCUT2D eigenvalue weighted by Gasteiger charge is 2.37. The van der Waals surface area contributed by atoms with E-state index in [1.54, 1.807) is 4.90 Å². The number of pyridine rings is 1. The van der Waals surface area contributed by atoms with E-state index in [1.165, 1.54) is 5.56 Å². The molecule has 3 aliphatic heterocycles. The van der Waals surface area contributed by atoms with E-state index in [2.05, 4.69) is 35.1 Å². The van der Waals surface area contributed by atoms with Crippen molar-refractivity contribution in [1.82, 2.24) is 24.7 Å². The van der Waals surface area contributed by atoms with Gasteiger partial charge in [-0.25, -0.2) is 14.6 Å². The second kappa shape index (κ2) is 11.1. The van der Waals surface area contributed by atoms with Crippen LogP contribution in [0.5, 0.6) is 0 Å². The number of urea groups is 1. The van der Waals surface area contributed by atoms with E-state index in [9.17, 15) is 9.59 Å². The minimum absolute atomic E-state index is 0.0264. The minimum atomic E-state index is -0.619. The summed E-state index contributed by atoms with van der Waals surface area (Å²) in [6.07, 6.45) is 4.23. The number of hydrogen-bond acceptors (Lipinski definition) is 6. The second-order valence-electron chi connectivity index (χ2n) is 13.5. The molecule has 0 radical (unpaired) electrons. The number of H-pyrrole nitrogens is 1. The van der Waals surface area contributed by atoms with E-state index in [0.717, 1.165) is 38.9 Å². The van der Waals surface area contributed by atoms with Crippen LogP contribution in [0.25, 0.3) is 22.2 Å². The number of aromatic amines is 1. The molecule has 0 saturated carbocycles. The van der Waals surface area contributed by atoms with Gasteiger partial charge in [0.2, 0.25) is 0 Å². The number of morpholine rings is 2. The number of aryl methyl sites for hydroxylation is 1. The predicted octanol–water partition coefficient (Wildman–Crippen LogP) is 5.44.